The first-order valence-electron chi connectivity index (χ1n) is 7.29. The van der Waals surface area contributed by atoms with E-state index in [4.69, 9.17) is 4.74 Å². The fourth-order valence-corrected chi connectivity index (χ4v) is 2.34. The lowest BCUT2D eigenvalue weighted by Crippen LogP contribution is -2.35. The van der Waals surface area contributed by atoms with Crippen LogP contribution in [0.2, 0.25) is 0 Å². The molecule has 3 rings (SSSR count). The van der Waals surface area contributed by atoms with Gasteiger partial charge in [-0.1, -0.05) is 12.1 Å². The second kappa shape index (κ2) is 6.68. The highest BCUT2D eigenvalue weighted by atomic mass is 19.1. The average Bonchev–Trinajstić information content (AvgIpc) is 2.56. The Balaban J connectivity index is 1.56. The zero-order valence-electron chi connectivity index (χ0n) is 12.1. The Morgan fingerprint density at radius 3 is 2.36 bits per heavy atom. The van der Waals surface area contributed by atoms with Gasteiger partial charge in [0.25, 0.3) is 0 Å². The number of rotatable bonds is 4. The summed E-state index contributed by atoms with van der Waals surface area (Å²) >= 11 is 0. The van der Waals surface area contributed by atoms with Gasteiger partial charge in [-0.25, -0.2) is 18.7 Å². The van der Waals surface area contributed by atoms with E-state index in [1.807, 2.05) is 4.90 Å². The standard InChI is InChI=1S/C16H17F2N3O/c17-13-3-1-12(2-4-13)11-22-15-9-19-16(20-10-15)21-7-5-14(18)6-8-21/h1-4,9-10,14H,5-8,11H2. The molecule has 0 N–H and O–H groups in total. The fraction of sp³-hybridized carbons (Fsp3) is 0.375. The second-order valence-corrected chi connectivity index (χ2v) is 5.30. The first kappa shape index (κ1) is 14.7. The SMILES string of the molecule is Fc1ccc(COc2cnc(N3CCC(F)CC3)nc2)cc1. The van der Waals surface area contributed by atoms with Gasteiger partial charge in [-0.15, -0.1) is 0 Å². The molecule has 6 heteroatoms. The lowest BCUT2D eigenvalue weighted by atomic mass is 10.1. The lowest BCUT2D eigenvalue weighted by molar-refractivity contribution is 0.275. The molecule has 2 aromatic rings. The van der Waals surface area contributed by atoms with Crippen LogP contribution in [0.4, 0.5) is 14.7 Å². The number of halogens is 2. The predicted octanol–water partition coefficient (Wildman–Crippen LogP) is 3.13. The van der Waals surface area contributed by atoms with Gasteiger partial charge < -0.3 is 9.64 Å². The van der Waals surface area contributed by atoms with Gasteiger partial charge in [0.1, 0.15) is 18.6 Å². The van der Waals surface area contributed by atoms with E-state index in [2.05, 4.69) is 9.97 Å². The van der Waals surface area contributed by atoms with Crippen molar-refractivity contribution >= 4 is 5.95 Å². The number of ether oxygens (including phenoxy) is 1. The minimum absolute atomic E-state index is 0.270. The highest BCUT2D eigenvalue weighted by molar-refractivity contribution is 5.32. The Morgan fingerprint density at radius 1 is 1.09 bits per heavy atom. The van der Waals surface area contributed by atoms with Crippen LogP contribution in [0.15, 0.2) is 36.7 Å². The van der Waals surface area contributed by atoms with Gasteiger partial charge in [0.2, 0.25) is 5.95 Å². The van der Waals surface area contributed by atoms with Gasteiger partial charge in [-0.3, -0.25) is 0 Å². The molecule has 2 heterocycles. The molecule has 4 nitrogen and oxygen atoms in total. The molecular weight excluding hydrogens is 288 g/mol. The number of nitrogens with zero attached hydrogens (tertiary/aromatic N) is 3. The van der Waals surface area contributed by atoms with Crippen molar-refractivity contribution in [1.82, 2.24) is 9.97 Å². The van der Waals surface area contributed by atoms with E-state index in [1.165, 1.54) is 12.1 Å². The Morgan fingerprint density at radius 2 is 1.73 bits per heavy atom. The monoisotopic (exact) mass is 305 g/mol. The summed E-state index contributed by atoms with van der Waals surface area (Å²) in [5.41, 5.74) is 0.871. The van der Waals surface area contributed by atoms with Gasteiger partial charge in [0, 0.05) is 13.1 Å². The quantitative estimate of drug-likeness (QED) is 0.870. The molecule has 116 valence electrons. The number of piperidine rings is 1. The molecule has 22 heavy (non-hydrogen) atoms. The fourth-order valence-electron chi connectivity index (χ4n) is 2.34. The summed E-state index contributed by atoms with van der Waals surface area (Å²) in [6, 6.07) is 6.14. The summed E-state index contributed by atoms with van der Waals surface area (Å²) in [7, 11) is 0. The highest BCUT2D eigenvalue weighted by Gasteiger charge is 2.20. The van der Waals surface area contributed by atoms with Crippen LogP contribution in [0.25, 0.3) is 0 Å². The van der Waals surface area contributed by atoms with Crippen molar-refractivity contribution in [1.29, 1.82) is 0 Å². The number of aromatic nitrogens is 2. The lowest BCUT2D eigenvalue weighted by Gasteiger charge is -2.28. The molecule has 0 atom stereocenters. The first-order chi connectivity index (χ1) is 10.7. The van der Waals surface area contributed by atoms with Crippen molar-refractivity contribution in [2.45, 2.75) is 25.6 Å². The van der Waals surface area contributed by atoms with E-state index in [9.17, 15) is 8.78 Å². The third-order valence-electron chi connectivity index (χ3n) is 3.64. The summed E-state index contributed by atoms with van der Waals surface area (Å²) in [6.45, 7) is 1.60. The minimum Gasteiger partial charge on any atom is -0.486 e. The van der Waals surface area contributed by atoms with Crippen LogP contribution in [0.3, 0.4) is 0 Å². The number of alkyl halides is 1. The summed E-state index contributed by atoms with van der Waals surface area (Å²) in [5.74, 6) is 0.878. The van der Waals surface area contributed by atoms with Gasteiger partial charge >= 0.3 is 0 Å². The van der Waals surface area contributed by atoms with Gasteiger partial charge in [-0.05, 0) is 30.5 Å². The maximum atomic E-state index is 13.1. The van der Waals surface area contributed by atoms with Crippen LogP contribution in [-0.2, 0) is 6.61 Å². The van der Waals surface area contributed by atoms with Crippen molar-refractivity contribution < 1.29 is 13.5 Å². The summed E-state index contributed by atoms with van der Waals surface area (Å²) in [5, 5.41) is 0. The van der Waals surface area contributed by atoms with Crippen LogP contribution in [0, 0.1) is 5.82 Å². The first-order valence-corrected chi connectivity index (χ1v) is 7.29. The maximum absolute atomic E-state index is 13.1. The van der Waals surface area contributed by atoms with E-state index in [0.29, 0.717) is 44.2 Å². The average molecular weight is 305 g/mol. The Hall–Kier alpha value is -2.24. The molecule has 0 bridgehead atoms. The Bertz CT molecular complexity index is 596. The van der Waals surface area contributed by atoms with Gasteiger partial charge in [0.05, 0.1) is 12.4 Å². The molecule has 0 radical (unpaired) electrons. The van der Waals surface area contributed by atoms with Gasteiger partial charge in [-0.2, -0.15) is 0 Å². The van der Waals surface area contributed by atoms with Crippen LogP contribution in [0.1, 0.15) is 18.4 Å². The van der Waals surface area contributed by atoms with E-state index < -0.39 is 6.17 Å². The van der Waals surface area contributed by atoms with Crippen molar-refractivity contribution in [3.8, 4) is 5.75 Å². The minimum atomic E-state index is -0.713. The van der Waals surface area contributed by atoms with Crippen molar-refractivity contribution in [2.75, 3.05) is 18.0 Å². The molecule has 0 aliphatic carbocycles. The third-order valence-corrected chi connectivity index (χ3v) is 3.64. The van der Waals surface area contributed by atoms with Crippen LogP contribution in [0.5, 0.6) is 5.75 Å². The normalized spacial score (nSPS) is 15.8. The zero-order valence-corrected chi connectivity index (χ0v) is 12.1. The molecule has 1 aromatic heterocycles. The number of hydrogen-bond donors (Lipinski definition) is 0. The molecule has 1 fully saturated rings. The van der Waals surface area contributed by atoms with Gasteiger partial charge in [0.15, 0.2) is 5.75 Å². The second-order valence-electron chi connectivity index (χ2n) is 5.30. The number of hydrogen-bond acceptors (Lipinski definition) is 4. The molecule has 0 unspecified atom stereocenters. The molecular formula is C16H17F2N3O. The van der Waals surface area contributed by atoms with E-state index >= 15 is 0 Å². The van der Waals surface area contributed by atoms with E-state index in [0.717, 1.165) is 5.56 Å². The summed E-state index contributed by atoms with van der Waals surface area (Å²) in [4.78, 5) is 10.5. The molecule has 1 aliphatic heterocycles. The van der Waals surface area contributed by atoms with Crippen LogP contribution in [-0.4, -0.2) is 29.2 Å². The summed E-state index contributed by atoms with van der Waals surface area (Å²) < 4.78 is 31.5. The molecule has 0 saturated carbocycles. The third kappa shape index (κ3) is 3.69. The topological polar surface area (TPSA) is 38.2 Å². The maximum Gasteiger partial charge on any atom is 0.225 e. The zero-order chi connectivity index (χ0) is 15.4. The molecule has 1 aliphatic rings. The smallest absolute Gasteiger partial charge is 0.225 e. The number of benzene rings is 1. The van der Waals surface area contributed by atoms with E-state index in [1.54, 1.807) is 24.5 Å². The van der Waals surface area contributed by atoms with E-state index in [-0.39, 0.29) is 5.82 Å². The molecule has 1 aromatic carbocycles. The van der Waals surface area contributed by atoms with Crippen molar-refractivity contribution in [3.63, 3.8) is 0 Å². The van der Waals surface area contributed by atoms with Crippen molar-refractivity contribution in [2.24, 2.45) is 0 Å². The molecule has 0 amide bonds. The predicted molar refractivity (Wildman–Crippen MR) is 79.1 cm³/mol. The van der Waals surface area contributed by atoms with Crippen molar-refractivity contribution in [3.05, 3.63) is 48.0 Å². The molecule has 1 saturated heterocycles. The highest BCUT2D eigenvalue weighted by Crippen LogP contribution is 2.19. The Labute approximate surface area is 127 Å². The largest absolute Gasteiger partial charge is 0.486 e. The Kier molecular flexibility index (Phi) is 4.46. The van der Waals surface area contributed by atoms with Crippen LogP contribution < -0.4 is 9.64 Å². The summed E-state index contributed by atoms with van der Waals surface area (Å²) in [6.07, 6.45) is 3.54. The molecule has 0 spiro atoms. The van der Waals surface area contributed by atoms with Crippen LogP contribution >= 0.6 is 0 Å². The number of anilines is 1.